The Kier molecular flexibility index (Phi) is 7.12. The van der Waals surface area contributed by atoms with Crippen molar-refractivity contribution in [3.63, 3.8) is 0 Å². The molecule has 1 aliphatic rings. The van der Waals surface area contributed by atoms with E-state index < -0.39 is 23.1 Å². The molecule has 1 aromatic heterocycles. The maximum Gasteiger partial charge on any atom is 0.309 e. The number of amides is 1. The van der Waals surface area contributed by atoms with Gasteiger partial charge in [-0.3, -0.25) is 19.0 Å². The lowest BCUT2D eigenvalue weighted by atomic mass is 10.0. The minimum absolute atomic E-state index is 0.0385. The Morgan fingerprint density at radius 1 is 1.42 bits per heavy atom. The summed E-state index contributed by atoms with van der Waals surface area (Å²) in [5, 5.41) is 2.53. The van der Waals surface area contributed by atoms with E-state index in [0.717, 1.165) is 4.57 Å². The zero-order valence-electron chi connectivity index (χ0n) is 13.2. The van der Waals surface area contributed by atoms with E-state index in [0.29, 0.717) is 6.29 Å². The maximum absolute atomic E-state index is 12.3. The Labute approximate surface area is 151 Å². The average Bonchev–Trinajstić information content (AvgIpc) is 2.78. The van der Waals surface area contributed by atoms with Crippen LogP contribution in [0.25, 0.3) is 0 Å². The van der Waals surface area contributed by atoms with Crippen molar-refractivity contribution in [3.8, 4) is 0 Å². The monoisotopic (exact) mass is 422 g/mol. The molecule has 1 aromatic rings. The predicted molar refractivity (Wildman–Crippen MR) is 89.1 cm³/mol. The number of fused-ring (bicyclic) bond motifs is 1. The zero-order valence-corrected chi connectivity index (χ0v) is 15.6. The standard InChI is InChI=1S/C12H10BrClN2O5.C2H6O/c1-21-8(18)5-12(2-3-17)15-10(19)9-7(14)4-6(13)11(20)16(9)12;1-3-2/h3-4H,2,5H2,1H3,(H,15,19);1-2H3. The first-order valence-corrected chi connectivity index (χ1v) is 7.79. The van der Waals surface area contributed by atoms with Crippen LogP contribution in [-0.4, -0.2) is 44.1 Å². The van der Waals surface area contributed by atoms with Gasteiger partial charge in [0, 0.05) is 20.6 Å². The van der Waals surface area contributed by atoms with Gasteiger partial charge in [0.1, 0.15) is 17.6 Å². The first-order valence-electron chi connectivity index (χ1n) is 6.62. The quantitative estimate of drug-likeness (QED) is 0.574. The van der Waals surface area contributed by atoms with Gasteiger partial charge in [-0.05, 0) is 22.0 Å². The summed E-state index contributed by atoms with van der Waals surface area (Å²) in [5.74, 6) is -1.30. The SMILES string of the molecule is COC.COC(=O)CC1(CC=O)NC(=O)c2c(Cl)cc(Br)c(=O)n21. The Morgan fingerprint density at radius 2 is 2.00 bits per heavy atom. The van der Waals surface area contributed by atoms with Gasteiger partial charge < -0.3 is 19.6 Å². The number of carbonyl (C=O) groups excluding carboxylic acids is 3. The summed E-state index contributed by atoms with van der Waals surface area (Å²) in [6.07, 6.45) is -0.124. The Hall–Kier alpha value is -1.71. The number of ether oxygens (including phenoxy) is 2. The molecule has 1 amide bonds. The number of rotatable bonds is 4. The van der Waals surface area contributed by atoms with Gasteiger partial charge in [0.2, 0.25) is 0 Å². The molecule has 0 fully saturated rings. The van der Waals surface area contributed by atoms with E-state index in [1.807, 2.05) is 0 Å². The van der Waals surface area contributed by atoms with Gasteiger partial charge in [-0.1, -0.05) is 11.6 Å². The molecule has 0 spiro atoms. The average molecular weight is 424 g/mol. The number of nitrogens with zero attached hydrogens (tertiary/aromatic N) is 1. The lowest BCUT2D eigenvalue weighted by Gasteiger charge is -2.28. The van der Waals surface area contributed by atoms with E-state index in [4.69, 9.17) is 11.6 Å². The molecule has 2 heterocycles. The molecule has 24 heavy (non-hydrogen) atoms. The summed E-state index contributed by atoms with van der Waals surface area (Å²) >= 11 is 9.03. The number of hydrogen-bond donors (Lipinski definition) is 1. The third kappa shape index (κ3) is 3.85. The lowest BCUT2D eigenvalue weighted by Crippen LogP contribution is -2.49. The smallest absolute Gasteiger partial charge is 0.309 e. The van der Waals surface area contributed by atoms with Crippen LogP contribution in [0.3, 0.4) is 0 Å². The number of pyridine rings is 1. The minimum atomic E-state index is -1.51. The lowest BCUT2D eigenvalue weighted by molar-refractivity contribution is -0.143. The van der Waals surface area contributed by atoms with Crippen LogP contribution < -0.4 is 10.9 Å². The highest BCUT2D eigenvalue weighted by Crippen LogP contribution is 2.32. The number of aldehydes is 1. The molecule has 0 aromatic carbocycles. The molecule has 0 saturated heterocycles. The van der Waals surface area contributed by atoms with Gasteiger partial charge in [0.25, 0.3) is 11.5 Å². The van der Waals surface area contributed by atoms with Crippen LogP contribution in [0.1, 0.15) is 23.3 Å². The second kappa shape index (κ2) is 8.41. The minimum Gasteiger partial charge on any atom is -0.469 e. The number of aromatic nitrogens is 1. The van der Waals surface area contributed by atoms with Crippen molar-refractivity contribution < 1.29 is 23.9 Å². The molecule has 10 heteroatoms. The van der Waals surface area contributed by atoms with Crippen molar-refractivity contribution in [1.82, 2.24) is 9.88 Å². The molecule has 2 rings (SSSR count). The molecular weight excluding hydrogens is 408 g/mol. The first-order chi connectivity index (χ1) is 11.3. The van der Waals surface area contributed by atoms with Crippen molar-refractivity contribution in [2.45, 2.75) is 18.5 Å². The van der Waals surface area contributed by atoms with E-state index in [1.165, 1.54) is 13.2 Å². The number of nitrogens with one attached hydrogen (secondary N) is 1. The second-order valence-electron chi connectivity index (χ2n) is 4.85. The fraction of sp³-hybridized carbons (Fsp3) is 0.429. The third-order valence-corrected chi connectivity index (χ3v) is 4.04. The molecule has 0 radical (unpaired) electrons. The molecule has 1 aliphatic heterocycles. The number of esters is 1. The van der Waals surface area contributed by atoms with Crippen LogP contribution in [0.2, 0.25) is 5.02 Å². The summed E-state index contributed by atoms with van der Waals surface area (Å²) < 4.78 is 9.97. The van der Waals surface area contributed by atoms with Crippen LogP contribution in [0.15, 0.2) is 15.3 Å². The van der Waals surface area contributed by atoms with Crippen molar-refractivity contribution in [1.29, 1.82) is 0 Å². The molecule has 8 nitrogen and oxygen atoms in total. The third-order valence-electron chi connectivity index (χ3n) is 3.19. The van der Waals surface area contributed by atoms with Crippen LogP contribution in [-0.2, 0) is 24.7 Å². The van der Waals surface area contributed by atoms with Gasteiger partial charge in [0.15, 0.2) is 0 Å². The number of carbonyl (C=O) groups is 3. The molecule has 132 valence electrons. The Morgan fingerprint density at radius 3 is 2.50 bits per heavy atom. The molecule has 1 atom stereocenters. The molecule has 1 N–H and O–H groups in total. The number of methoxy groups -OCH3 is 2. The summed E-state index contributed by atoms with van der Waals surface area (Å²) in [5.41, 5.74) is -2.17. The molecule has 0 saturated carbocycles. The van der Waals surface area contributed by atoms with Crippen molar-refractivity contribution in [2.24, 2.45) is 0 Å². The van der Waals surface area contributed by atoms with Crippen molar-refractivity contribution in [2.75, 3.05) is 21.3 Å². The molecular formula is C14H16BrClN2O6. The molecule has 0 aliphatic carbocycles. The van der Waals surface area contributed by atoms with E-state index in [1.54, 1.807) is 14.2 Å². The van der Waals surface area contributed by atoms with Gasteiger partial charge >= 0.3 is 5.97 Å². The van der Waals surface area contributed by atoms with Crippen LogP contribution in [0, 0.1) is 0 Å². The predicted octanol–water partition coefficient (Wildman–Crippen LogP) is 1.08. The highest BCUT2D eigenvalue weighted by atomic mass is 79.9. The van der Waals surface area contributed by atoms with E-state index in [-0.39, 0.29) is 28.0 Å². The summed E-state index contributed by atoms with van der Waals surface area (Å²) in [6, 6.07) is 1.30. The van der Waals surface area contributed by atoms with Gasteiger partial charge in [-0.15, -0.1) is 0 Å². The van der Waals surface area contributed by atoms with E-state index in [9.17, 15) is 19.2 Å². The highest BCUT2D eigenvalue weighted by Gasteiger charge is 2.46. The highest BCUT2D eigenvalue weighted by molar-refractivity contribution is 9.10. The second-order valence-corrected chi connectivity index (χ2v) is 6.11. The van der Waals surface area contributed by atoms with Crippen molar-refractivity contribution in [3.05, 3.63) is 31.6 Å². The molecule has 1 unspecified atom stereocenters. The van der Waals surface area contributed by atoms with Gasteiger partial charge in [-0.25, -0.2) is 0 Å². The number of halogens is 2. The summed E-state index contributed by atoms with van der Waals surface area (Å²) in [4.78, 5) is 47.0. The number of hydrogen-bond acceptors (Lipinski definition) is 6. The maximum atomic E-state index is 12.3. The van der Waals surface area contributed by atoms with E-state index in [2.05, 4.69) is 30.7 Å². The normalized spacial score (nSPS) is 18.1. The van der Waals surface area contributed by atoms with Gasteiger partial charge in [0.05, 0.1) is 23.0 Å². The van der Waals surface area contributed by atoms with E-state index >= 15 is 0 Å². The zero-order chi connectivity index (χ0) is 18.5. The first kappa shape index (κ1) is 20.3. The van der Waals surface area contributed by atoms with Crippen LogP contribution in [0.4, 0.5) is 0 Å². The van der Waals surface area contributed by atoms with Gasteiger partial charge in [-0.2, -0.15) is 0 Å². The fourth-order valence-corrected chi connectivity index (χ4v) is 3.11. The van der Waals surface area contributed by atoms with Crippen molar-refractivity contribution >= 4 is 45.7 Å². The summed E-state index contributed by atoms with van der Waals surface area (Å²) in [7, 11) is 4.42. The topological polar surface area (TPSA) is 104 Å². The summed E-state index contributed by atoms with van der Waals surface area (Å²) in [6.45, 7) is 0. The molecule has 0 bridgehead atoms. The largest absolute Gasteiger partial charge is 0.469 e. The Bertz CT molecular complexity index is 720. The van der Waals surface area contributed by atoms with Crippen LogP contribution >= 0.6 is 27.5 Å². The van der Waals surface area contributed by atoms with Crippen LogP contribution in [0.5, 0.6) is 0 Å². The fourth-order valence-electron chi connectivity index (χ4n) is 2.29. The Balaban J connectivity index is 0.000000891.